The number of carbonyl (C=O) groups excluding carboxylic acids is 1. The average molecular weight is 340 g/mol. The van der Waals surface area contributed by atoms with Crippen LogP contribution in [0.15, 0.2) is 9.59 Å². The smallest absolute Gasteiger partial charge is 0.329 e. The summed E-state index contributed by atoms with van der Waals surface area (Å²) in [6.45, 7) is 3.49. The van der Waals surface area contributed by atoms with Crippen molar-refractivity contribution in [2.24, 2.45) is 11.7 Å². The van der Waals surface area contributed by atoms with E-state index >= 15 is 0 Å². The van der Waals surface area contributed by atoms with E-state index in [1.807, 2.05) is 13.8 Å². The van der Waals surface area contributed by atoms with Crippen molar-refractivity contribution >= 4 is 23.1 Å². The standard InChI is InChI=1S/C13H20N6O5/c1-6(2)7(14)11(21)24-4-3-23-5-19-9-8(16-13(19)22)10(20)18-12(15)17-9/h6-7H,3-5,14H2,1-2H3,(H,16,22)(H3,15,17,18,20). The number of esters is 1. The van der Waals surface area contributed by atoms with Gasteiger partial charge in [0.05, 0.1) is 6.61 Å². The molecule has 0 spiro atoms. The summed E-state index contributed by atoms with van der Waals surface area (Å²) in [5, 5.41) is 0. The number of ether oxygens (including phenoxy) is 2. The molecule has 0 aliphatic heterocycles. The first-order chi connectivity index (χ1) is 11.3. The van der Waals surface area contributed by atoms with Crippen molar-refractivity contribution in [3.8, 4) is 0 Å². The Hall–Kier alpha value is -2.66. The second-order valence-electron chi connectivity index (χ2n) is 5.48. The molecule has 0 saturated heterocycles. The molecule has 2 rings (SSSR count). The van der Waals surface area contributed by atoms with Crippen molar-refractivity contribution in [2.75, 3.05) is 18.9 Å². The Balaban J connectivity index is 1.93. The Kier molecular flexibility index (Phi) is 5.36. The van der Waals surface area contributed by atoms with Gasteiger partial charge in [0.25, 0.3) is 5.56 Å². The lowest BCUT2D eigenvalue weighted by atomic mass is 10.1. The number of aromatic amines is 2. The van der Waals surface area contributed by atoms with Crippen LogP contribution < -0.4 is 22.7 Å². The molecule has 0 aliphatic carbocycles. The molecule has 2 heterocycles. The molecule has 0 saturated carbocycles. The zero-order chi connectivity index (χ0) is 17.9. The van der Waals surface area contributed by atoms with Gasteiger partial charge in [-0.2, -0.15) is 4.98 Å². The van der Waals surface area contributed by atoms with Gasteiger partial charge < -0.3 is 20.9 Å². The van der Waals surface area contributed by atoms with Crippen LogP contribution in [-0.2, 0) is 21.0 Å². The number of carbonyl (C=O) groups is 1. The molecule has 1 unspecified atom stereocenters. The van der Waals surface area contributed by atoms with Crippen molar-refractivity contribution in [1.82, 2.24) is 19.5 Å². The lowest BCUT2D eigenvalue weighted by Crippen LogP contribution is -2.37. The molecule has 2 aromatic heterocycles. The van der Waals surface area contributed by atoms with Gasteiger partial charge in [-0.25, -0.2) is 4.79 Å². The predicted molar refractivity (Wildman–Crippen MR) is 85.1 cm³/mol. The van der Waals surface area contributed by atoms with Crippen LogP contribution in [0.25, 0.3) is 11.2 Å². The van der Waals surface area contributed by atoms with Crippen LogP contribution in [0.1, 0.15) is 13.8 Å². The normalized spacial score (nSPS) is 12.7. The summed E-state index contributed by atoms with van der Waals surface area (Å²) in [5.74, 6) is -0.659. The molecule has 11 heteroatoms. The number of imidazole rings is 1. The van der Waals surface area contributed by atoms with Gasteiger partial charge in [0.2, 0.25) is 5.95 Å². The van der Waals surface area contributed by atoms with Crippen LogP contribution in [0.2, 0.25) is 0 Å². The molecule has 24 heavy (non-hydrogen) atoms. The summed E-state index contributed by atoms with van der Waals surface area (Å²) in [4.78, 5) is 43.6. The Bertz CT molecular complexity index is 835. The molecule has 6 N–H and O–H groups in total. The third-order valence-corrected chi connectivity index (χ3v) is 3.33. The number of nitrogens with zero attached hydrogens (tertiary/aromatic N) is 2. The van der Waals surface area contributed by atoms with E-state index in [2.05, 4.69) is 15.0 Å². The van der Waals surface area contributed by atoms with Gasteiger partial charge >= 0.3 is 11.7 Å². The minimum Gasteiger partial charge on any atom is -0.462 e. The van der Waals surface area contributed by atoms with Gasteiger partial charge in [-0.1, -0.05) is 13.8 Å². The minimum absolute atomic E-state index is 0.00661. The lowest BCUT2D eigenvalue weighted by molar-refractivity contribution is -0.148. The maximum atomic E-state index is 11.8. The third kappa shape index (κ3) is 3.81. The Labute approximate surface area is 136 Å². The quantitative estimate of drug-likeness (QED) is 0.348. The maximum Gasteiger partial charge on any atom is 0.329 e. The summed E-state index contributed by atoms with van der Waals surface area (Å²) in [5.41, 5.74) is 10.1. The van der Waals surface area contributed by atoms with E-state index < -0.39 is 23.3 Å². The van der Waals surface area contributed by atoms with Crippen LogP contribution in [0.5, 0.6) is 0 Å². The van der Waals surface area contributed by atoms with E-state index in [1.54, 1.807) is 0 Å². The molecule has 0 aromatic carbocycles. The number of H-pyrrole nitrogens is 2. The number of nitrogen functional groups attached to an aromatic ring is 1. The van der Waals surface area contributed by atoms with E-state index in [0.717, 1.165) is 4.57 Å². The second-order valence-corrected chi connectivity index (χ2v) is 5.48. The number of nitrogens with two attached hydrogens (primary N) is 2. The number of hydrogen-bond donors (Lipinski definition) is 4. The maximum absolute atomic E-state index is 11.8. The number of anilines is 1. The molecular weight excluding hydrogens is 320 g/mol. The van der Waals surface area contributed by atoms with Crippen LogP contribution >= 0.6 is 0 Å². The zero-order valence-corrected chi connectivity index (χ0v) is 13.4. The van der Waals surface area contributed by atoms with Crippen LogP contribution in [0.4, 0.5) is 5.95 Å². The molecule has 0 fully saturated rings. The molecule has 11 nitrogen and oxygen atoms in total. The zero-order valence-electron chi connectivity index (χ0n) is 13.4. The van der Waals surface area contributed by atoms with Crippen LogP contribution in [-0.4, -0.2) is 44.7 Å². The van der Waals surface area contributed by atoms with E-state index in [4.69, 9.17) is 20.9 Å². The van der Waals surface area contributed by atoms with Crippen molar-refractivity contribution in [3.05, 3.63) is 20.8 Å². The van der Waals surface area contributed by atoms with Gasteiger partial charge in [0.1, 0.15) is 19.4 Å². The number of hydrogen-bond acceptors (Lipinski definition) is 8. The molecule has 0 bridgehead atoms. The third-order valence-electron chi connectivity index (χ3n) is 3.33. The largest absolute Gasteiger partial charge is 0.462 e. The minimum atomic E-state index is -0.694. The molecule has 0 aliphatic rings. The Morgan fingerprint density at radius 1 is 1.29 bits per heavy atom. The summed E-state index contributed by atoms with van der Waals surface area (Å²) in [6.07, 6.45) is 0. The highest BCUT2D eigenvalue weighted by molar-refractivity contribution is 5.75. The molecule has 1 atom stereocenters. The molecule has 132 valence electrons. The second kappa shape index (κ2) is 7.27. The average Bonchev–Trinajstić information content (AvgIpc) is 2.82. The van der Waals surface area contributed by atoms with Gasteiger partial charge in [0, 0.05) is 0 Å². The van der Waals surface area contributed by atoms with Crippen LogP contribution in [0.3, 0.4) is 0 Å². The fourth-order valence-electron chi connectivity index (χ4n) is 1.90. The summed E-state index contributed by atoms with van der Waals surface area (Å²) in [6, 6.07) is -0.694. The van der Waals surface area contributed by atoms with Crippen molar-refractivity contribution < 1.29 is 14.3 Å². The van der Waals surface area contributed by atoms with Crippen molar-refractivity contribution in [1.29, 1.82) is 0 Å². The highest BCUT2D eigenvalue weighted by Crippen LogP contribution is 2.03. The Morgan fingerprint density at radius 2 is 2.00 bits per heavy atom. The highest BCUT2D eigenvalue weighted by Gasteiger charge is 2.18. The monoisotopic (exact) mass is 340 g/mol. The molecule has 0 radical (unpaired) electrons. The predicted octanol–water partition coefficient (Wildman–Crippen LogP) is -1.50. The van der Waals surface area contributed by atoms with Crippen molar-refractivity contribution in [3.63, 3.8) is 0 Å². The molecule has 0 amide bonds. The first-order valence-corrected chi connectivity index (χ1v) is 7.29. The number of fused-ring (bicyclic) bond motifs is 1. The first-order valence-electron chi connectivity index (χ1n) is 7.29. The number of nitrogens with one attached hydrogen (secondary N) is 2. The van der Waals surface area contributed by atoms with E-state index in [0.29, 0.717) is 0 Å². The molecular formula is C13H20N6O5. The van der Waals surface area contributed by atoms with E-state index in [-0.39, 0.29) is 43.0 Å². The summed E-state index contributed by atoms with van der Waals surface area (Å²) in [7, 11) is 0. The fraction of sp³-hybridized carbons (Fsp3) is 0.538. The fourth-order valence-corrected chi connectivity index (χ4v) is 1.90. The van der Waals surface area contributed by atoms with E-state index in [1.165, 1.54) is 0 Å². The van der Waals surface area contributed by atoms with Crippen LogP contribution in [0, 0.1) is 5.92 Å². The van der Waals surface area contributed by atoms with Crippen molar-refractivity contribution in [2.45, 2.75) is 26.6 Å². The first kappa shape index (κ1) is 17.7. The van der Waals surface area contributed by atoms with Gasteiger partial charge in [-0.3, -0.25) is 24.1 Å². The van der Waals surface area contributed by atoms with E-state index in [9.17, 15) is 14.4 Å². The Morgan fingerprint density at radius 3 is 2.67 bits per heavy atom. The summed E-state index contributed by atoms with van der Waals surface area (Å²) >= 11 is 0. The van der Waals surface area contributed by atoms with Gasteiger partial charge in [-0.05, 0) is 5.92 Å². The van der Waals surface area contributed by atoms with Gasteiger partial charge in [-0.15, -0.1) is 0 Å². The number of aromatic nitrogens is 4. The van der Waals surface area contributed by atoms with Gasteiger partial charge in [0.15, 0.2) is 11.2 Å². The SMILES string of the molecule is CC(C)C(N)C(=O)OCCOCn1c(=O)[nH]c2c(=O)[nH]c(N)nc21. The highest BCUT2D eigenvalue weighted by atomic mass is 16.6. The number of rotatable bonds is 7. The lowest BCUT2D eigenvalue weighted by Gasteiger charge is -2.14. The summed E-state index contributed by atoms with van der Waals surface area (Å²) < 4.78 is 11.3. The topological polar surface area (TPSA) is 171 Å². The molecule has 2 aromatic rings.